The van der Waals surface area contributed by atoms with Gasteiger partial charge in [-0.15, -0.1) is 13.2 Å². The Balaban J connectivity index is 0.000000157. The van der Waals surface area contributed by atoms with Crippen molar-refractivity contribution in [3.63, 3.8) is 0 Å². The molecule has 10 rings (SSSR count). The zero-order valence-corrected chi connectivity index (χ0v) is 44.1. The second-order valence-corrected chi connectivity index (χ2v) is 18.5. The molecule has 0 aromatic heterocycles. The lowest BCUT2D eigenvalue weighted by Gasteiger charge is -2.19. The zero-order chi connectivity index (χ0) is 55.4. The number of carbonyl (C=O) groups is 3. The number of nitrogens with one attached hydrogen (secondary N) is 3. The van der Waals surface area contributed by atoms with Gasteiger partial charge in [-0.05, 0) is 141 Å². The van der Waals surface area contributed by atoms with E-state index in [-0.39, 0.29) is 42.4 Å². The molecule has 0 spiro atoms. The second kappa shape index (κ2) is 28.2. The van der Waals surface area contributed by atoms with Gasteiger partial charge in [0.2, 0.25) is 17.7 Å². The molecule has 1 saturated carbocycles. The van der Waals surface area contributed by atoms with Gasteiger partial charge in [-0.2, -0.15) is 0 Å². The molecule has 3 amide bonds. The highest BCUT2D eigenvalue weighted by Gasteiger charge is 2.31. The summed E-state index contributed by atoms with van der Waals surface area (Å²) >= 11 is 0. The first-order chi connectivity index (χ1) is 38.3. The van der Waals surface area contributed by atoms with Crippen molar-refractivity contribution >= 4 is 34.8 Å². The SMILES string of the molecule is CCOc1cccc(CCC(=O)Nc2ccc3c(c2)OCCO3)c1.COc1ccc(CCC(=O)Nc2ccc3c(c2)OCCO3)cc1OC1CCCC1.O=C(CCc1cccc(OC(F)(F)F)c1)Nc1ccc2c(c1)OCCO2. The van der Waals surface area contributed by atoms with E-state index in [2.05, 4.69) is 20.7 Å². The van der Waals surface area contributed by atoms with Crippen molar-refractivity contribution in [3.05, 3.63) is 138 Å². The maximum atomic E-state index is 12.4. The molecule has 0 bridgehead atoms. The van der Waals surface area contributed by atoms with Crippen LogP contribution in [0.4, 0.5) is 30.2 Å². The van der Waals surface area contributed by atoms with Gasteiger partial charge in [0.25, 0.3) is 0 Å². The molecule has 6 aromatic carbocycles. The maximum absolute atomic E-state index is 12.4. The minimum absolute atomic E-state index is 0.0338. The number of fused-ring (bicyclic) bond motifs is 3. The molecule has 4 aliphatic rings. The van der Waals surface area contributed by atoms with Gasteiger partial charge >= 0.3 is 6.36 Å². The van der Waals surface area contributed by atoms with E-state index in [9.17, 15) is 27.6 Å². The van der Waals surface area contributed by atoms with E-state index in [0.29, 0.717) is 129 Å². The van der Waals surface area contributed by atoms with Crippen molar-refractivity contribution in [2.24, 2.45) is 0 Å². The number of hydrogen-bond donors (Lipinski definition) is 3. The molecule has 0 radical (unpaired) electrons. The number of rotatable bonds is 18. The van der Waals surface area contributed by atoms with Crippen LogP contribution in [0.5, 0.6) is 57.5 Å². The molecule has 19 heteroatoms. The molecule has 0 saturated heterocycles. The summed E-state index contributed by atoms with van der Waals surface area (Å²) < 4.78 is 90.6. The smallest absolute Gasteiger partial charge is 0.494 e. The van der Waals surface area contributed by atoms with Crippen LogP contribution in [-0.4, -0.2) is 83.5 Å². The maximum Gasteiger partial charge on any atom is 0.573 e. The Bertz CT molecular complexity index is 3000. The van der Waals surface area contributed by atoms with Gasteiger partial charge in [-0.1, -0.05) is 30.3 Å². The van der Waals surface area contributed by atoms with Crippen LogP contribution in [0.1, 0.15) is 68.6 Å². The van der Waals surface area contributed by atoms with Crippen molar-refractivity contribution in [2.75, 3.05) is 69.3 Å². The molecule has 1 fully saturated rings. The Morgan fingerprint density at radius 1 is 0.506 bits per heavy atom. The summed E-state index contributed by atoms with van der Waals surface area (Å²) in [5.74, 6) is 5.64. The quantitative estimate of drug-likeness (QED) is 0.0741. The number of methoxy groups -OCH3 is 1. The molecule has 79 heavy (non-hydrogen) atoms. The monoisotopic (exact) mass is 1090 g/mol. The van der Waals surface area contributed by atoms with Gasteiger partial charge in [0.05, 0.1) is 19.8 Å². The Hall–Kier alpha value is -8.48. The lowest BCUT2D eigenvalue weighted by atomic mass is 10.1. The van der Waals surface area contributed by atoms with Crippen molar-refractivity contribution in [1.82, 2.24) is 0 Å². The van der Waals surface area contributed by atoms with Crippen LogP contribution in [-0.2, 0) is 33.6 Å². The third kappa shape index (κ3) is 18.0. The van der Waals surface area contributed by atoms with Crippen molar-refractivity contribution in [3.8, 4) is 57.5 Å². The number of anilines is 3. The fourth-order valence-electron chi connectivity index (χ4n) is 8.82. The van der Waals surface area contributed by atoms with E-state index >= 15 is 0 Å². The van der Waals surface area contributed by atoms with E-state index in [4.69, 9.17) is 42.6 Å². The number of benzene rings is 6. The first kappa shape index (κ1) is 56.7. The van der Waals surface area contributed by atoms with E-state index in [1.54, 1.807) is 43.5 Å². The number of ether oxygens (including phenoxy) is 10. The Morgan fingerprint density at radius 3 is 1.35 bits per heavy atom. The van der Waals surface area contributed by atoms with Crippen LogP contribution in [0.3, 0.4) is 0 Å². The van der Waals surface area contributed by atoms with Crippen LogP contribution in [0, 0.1) is 0 Å². The summed E-state index contributed by atoms with van der Waals surface area (Å²) in [5.41, 5.74) is 4.69. The minimum Gasteiger partial charge on any atom is -0.494 e. The Morgan fingerprint density at radius 2 is 0.924 bits per heavy atom. The molecule has 0 atom stereocenters. The average Bonchev–Trinajstić information content (AvgIpc) is 3.99. The van der Waals surface area contributed by atoms with Gasteiger partial charge in [0.1, 0.15) is 51.1 Å². The van der Waals surface area contributed by atoms with Gasteiger partial charge in [-0.3, -0.25) is 14.4 Å². The molecular formula is C60H64F3N3O13. The van der Waals surface area contributed by atoms with E-state index in [1.165, 1.54) is 31.0 Å². The number of alkyl halides is 3. The van der Waals surface area contributed by atoms with Gasteiger partial charge in [0.15, 0.2) is 46.0 Å². The van der Waals surface area contributed by atoms with Gasteiger partial charge in [0, 0.05) is 54.5 Å². The number of hydrogen-bond acceptors (Lipinski definition) is 13. The summed E-state index contributed by atoms with van der Waals surface area (Å²) in [5, 5.41) is 8.55. The van der Waals surface area contributed by atoms with Crippen LogP contribution in [0.25, 0.3) is 0 Å². The Labute approximate surface area is 456 Å². The fourth-order valence-corrected chi connectivity index (χ4v) is 8.82. The summed E-state index contributed by atoms with van der Waals surface area (Å²) in [4.78, 5) is 36.6. The summed E-state index contributed by atoms with van der Waals surface area (Å²) in [6.45, 7) is 5.66. The summed E-state index contributed by atoms with van der Waals surface area (Å²) in [6, 6.07) is 35.3. The lowest BCUT2D eigenvalue weighted by Crippen LogP contribution is -2.17. The predicted octanol–water partition coefficient (Wildman–Crippen LogP) is 11.7. The highest BCUT2D eigenvalue weighted by atomic mass is 19.4. The third-order valence-electron chi connectivity index (χ3n) is 12.6. The van der Waals surface area contributed by atoms with Crippen LogP contribution in [0.15, 0.2) is 121 Å². The summed E-state index contributed by atoms with van der Waals surface area (Å²) in [7, 11) is 1.65. The standard InChI is InChI=1S/C23H27NO5.C19H21NO4.C18H16F3NO4/c1-26-19-9-6-16(14-22(19)29-18-4-2-3-5-18)7-11-23(25)24-17-8-10-20-21(15-17)28-13-12-27-20;1-2-22-16-5-3-4-14(12-16)6-9-19(21)20-15-7-8-17-18(13-15)24-11-10-23-17;19-18(20,21)26-14-3-1-2-12(10-14)4-7-17(23)22-13-5-6-15-16(11-13)25-9-8-24-15/h6,8-10,14-15,18H,2-5,7,11-13H2,1H3,(H,24,25);3-5,7-8,12-13H,2,6,9-11H2,1H3,(H,20,21);1-3,5-6,10-11H,4,7-9H2,(H,22,23). The van der Waals surface area contributed by atoms with E-state index < -0.39 is 6.36 Å². The topological polar surface area (TPSA) is 180 Å². The second-order valence-electron chi connectivity index (χ2n) is 18.5. The molecule has 3 heterocycles. The minimum atomic E-state index is -4.74. The molecule has 0 unspecified atom stereocenters. The summed E-state index contributed by atoms with van der Waals surface area (Å²) in [6.07, 6.45) is 2.60. The van der Waals surface area contributed by atoms with Crippen LogP contribution >= 0.6 is 0 Å². The third-order valence-corrected chi connectivity index (χ3v) is 12.6. The largest absolute Gasteiger partial charge is 0.573 e. The normalized spacial score (nSPS) is 13.9. The van der Waals surface area contributed by atoms with Crippen LogP contribution < -0.4 is 63.3 Å². The number of aryl methyl sites for hydroxylation is 3. The highest BCUT2D eigenvalue weighted by molar-refractivity contribution is 5.92. The van der Waals surface area contributed by atoms with Gasteiger partial charge in [-0.25, -0.2) is 0 Å². The molecule has 1 aliphatic carbocycles. The molecule has 418 valence electrons. The van der Waals surface area contributed by atoms with E-state index in [0.717, 1.165) is 41.2 Å². The molecule has 6 aromatic rings. The fraction of sp³-hybridized carbons (Fsp3) is 0.350. The van der Waals surface area contributed by atoms with Crippen molar-refractivity contribution in [2.45, 2.75) is 83.6 Å². The highest BCUT2D eigenvalue weighted by Crippen LogP contribution is 2.36. The zero-order valence-electron chi connectivity index (χ0n) is 44.1. The predicted molar refractivity (Wildman–Crippen MR) is 290 cm³/mol. The van der Waals surface area contributed by atoms with Gasteiger partial charge < -0.3 is 63.3 Å². The Kier molecular flexibility index (Phi) is 20.3. The lowest BCUT2D eigenvalue weighted by molar-refractivity contribution is -0.274. The molecule has 3 aliphatic heterocycles. The van der Waals surface area contributed by atoms with Crippen molar-refractivity contribution < 1.29 is 74.9 Å². The molecule has 3 N–H and O–H groups in total. The molecule has 16 nitrogen and oxygen atoms in total. The van der Waals surface area contributed by atoms with Crippen LogP contribution in [0.2, 0.25) is 0 Å². The average molecular weight is 1090 g/mol. The van der Waals surface area contributed by atoms with E-state index in [1.807, 2.05) is 73.7 Å². The number of amides is 3. The number of halogens is 3. The molecular weight excluding hydrogens is 1030 g/mol. The first-order valence-electron chi connectivity index (χ1n) is 26.3. The van der Waals surface area contributed by atoms with Crippen molar-refractivity contribution in [1.29, 1.82) is 0 Å². The first-order valence-corrected chi connectivity index (χ1v) is 26.3. The number of carbonyl (C=O) groups excluding carboxylic acids is 3.